The lowest BCUT2D eigenvalue weighted by Crippen LogP contribution is -2.13. The van der Waals surface area contributed by atoms with Gasteiger partial charge in [0.05, 0.1) is 19.6 Å². The average Bonchev–Trinajstić information content (AvgIpc) is 3.04. The van der Waals surface area contributed by atoms with Gasteiger partial charge in [-0.15, -0.1) is 0 Å². The normalized spacial score (nSPS) is 14.9. The summed E-state index contributed by atoms with van der Waals surface area (Å²) in [7, 11) is 1.54. The fourth-order valence-corrected chi connectivity index (χ4v) is 3.09. The van der Waals surface area contributed by atoms with Gasteiger partial charge in [0, 0.05) is 17.3 Å². The van der Waals surface area contributed by atoms with Crippen molar-refractivity contribution in [3.05, 3.63) is 59.2 Å². The molecule has 1 amide bonds. The molecular formula is C23H23NO6. The lowest BCUT2D eigenvalue weighted by atomic mass is 9.99. The largest absolute Gasteiger partial charge is 0.493 e. The highest BCUT2D eigenvalue weighted by molar-refractivity contribution is 6.05. The van der Waals surface area contributed by atoms with Gasteiger partial charge in [0.1, 0.15) is 0 Å². The van der Waals surface area contributed by atoms with Gasteiger partial charge >= 0.3 is 5.97 Å². The summed E-state index contributed by atoms with van der Waals surface area (Å²) in [6.07, 6.45) is 2.81. The molecule has 1 heterocycles. The first-order valence-corrected chi connectivity index (χ1v) is 9.56. The number of benzene rings is 2. The number of amides is 1. The Morgan fingerprint density at radius 3 is 2.67 bits per heavy atom. The highest BCUT2D eigenvalue weighted by Gasteiger charge is 2.27. The van der Waals surface area contributed by atoms with Crippen molar-refractivity contribution in [2.45, 2.75) is 19.8 Å². The number of methoxy groups -OCH3 is 1. The molecule has 3 rings (SSSR count). The van der Waals surface area contributed by atoms with Crippen LogP contribution in [-0.4, -0.2) is 38.0 Å². The monoisotopic (exact) mass is 409 g/mol. The summed E-state index contributed by atoms with van der Waals surface area (Å²) in [5, 5.41) is 2.75. The molecule has 156 valence electrons. The van der Waals surface area contributed by atoms with Crippen molar-refractivity contribution in [2.75, 3.05) is 25.6 Å². The lowest BCUT2D eigenvalue weighted by Gasteiger charge is -2.09. The van der Waals surface area contributed by atoms with Crippen molar-refractivity contribution < 1.29 is 28.6 Å². The molecule has 30 heavy (non-hydrogen) atoms. The average molecular weight is 409 g/mol. The van der Waals surface area contributed by atoms with Crippen molar-refractivity contribution in [1.29, 1.82) is 0 Å². The molecule has 2 aromatic rings. The SMILES string of the molecule is CCOc1ccc(/C=C/C(=O)OCC(=O)c2ccc3c(c2)[C@@H](C)C(=O)N3)cc1OC. The Labute approximate surface area is 174 Å². The van der Waals surface area contributed by atoms with Crippen LogP contribution in [0, 0.1) is 0 Å². The summed E-state index contributed by atoms with van der Waals surface area (Å²) in [6, 6.07) is 10.2. The molecule has 1 atom stereocenters. The summed E-state index contributed by atoms with van der Waals surface area (Å²) >= 11 is 0. The Balaban J connectivity index is 1.58. The third-order valence-electron chi connectivity index (χ3n) is 4.74. The van der Waals surface area contributed by atoms with E-state index in [9.17, 15) is 14.4 Å². The predicted molar refractivity (Wildman–Crippen MR) is 112 cm³/mol. The van der Waals surface area contributed by atoms with Crippen LogP contribution in [0.15, 0.2) is 42.5 Å². The second kappa shape index (κ2) is 9.26. The van der Waals surface area contributed by atoms with Crippen molar-refractivity contribution in [3.8, 4) is 11.5 Å². The summed E-state index contributed by atoms with van der Waals surface area (Å²) in [5.41, 5.74) is 2.59. The fourth-order valence-electron chi connectivity index (χ4n) is 3.09. The number of ether oxygens (including phenoxy) is 3. The Bertz CT molecular complexity index is 1010. The summed E-state index contributed by atoms with van der Waals surface area (Å²) in [4.78, 5) is 36.1. The Hall–Kier alpha value is -3.61. The molecule has 0 spiro atoms. The maximum atomic E-state index is 12.4. The molecule has 0 aromatic heterocycles. The second-order valence-electron chi connectivity index (χ2n) is 6.72. The van der Waals surface area contributed by atoms with Crippen LogP contribution in [0.3, 0.4) is 0 Å². The van der Waals surface area contributed by atoms with E-state index in [4.69, 9.17) is 14.2 Å². The molecule has 0 saturated heterocycles. The van der Waals surface area contributed by atoms with Crippen molar-refractivity contribution in [3.63, 3.8) is 0 Å². The fraction of sp³-hybridized carbons (Fsp3) is 0.261. The summed E-state index contributed by atoms with van der Waals surface area (Å²) in [5.74, 6) is -0.218. The first-order chi connectivity index (χ1) is 14.4. The second-order valence-corrected chi connectivity index (χ2v) is 6.72. The molecule has 1 N–H and O–H groups in total. The first-order valence-electron chi connectivity index (χ1n) is 9.56. The number of nitrogens with one attached hydrogen (secondary N) is 1. The third-order valence-corrected chi connectivity index (χ3v) is 4.74. The molecule has 1 aliphatic heterocycles. The minimum Gasteiger partial charge on any atom is -0.493 e. The number of rotatable bonds is 8. The molecule has 1 aliphatic rings. The number of carbonyl (C=O) groups is 3. The smallest absolute Gasteiger partial charge is 0.331 e. The van der Waals surface area contributed by atoms with Crippen LogP contribution < -0.4 is 14.8 Å². The van der Waals surface area contributed by atoms with Gasteiger partial charge in [0.15, 0.2) is 23.9 Å². The zero-order valence-electron chi connectivity index (χ0n) is 17.1. The van der Waals surface area contributed by atoms with Gasteiger partial charge < -0.3 is 19.5 Å². The minimum atomic E-state index is -0.637. The van der Waals surface area contributed by atoms with Crippen LogP contribution in [0.5, 0.6) is 11.5 Å². The molecule has 0 bridgehead atoms. The quantitative estimate of drug-likeness (QED) is 0.407. The lowest BCUT2D eigenvalue weighted by molar-refractivity contribution is -0.136. The number of Topliss-reactive ketones (excluding diaryl/α,β-unsaturated/α-hetero) is 1. The van der Waals surface area contributed by atoms with Gasteiger partial charge in [-0.2, -0.15) is 0 Å². The molecule has 2 aromatic carbocycles. The molecule has 0 unspecified atom stereocenters. The van der Waals surface area contributed by atoms with E-state index in [1.165, 1.54) is 13.2 Å². The zero-order valence-corrected chi connectivity index (χ0v) is 17.1. The number of carbonyl (C=O) groups excluding carboxylic acids is 3. The van der Waals surface area contributed by atoms with Crippen LogP contribution >= 0.6 is 0 Å². The maximum absolute atomic E-state index is 12.4. The highest BCUT2D eigenvalue weighted by atomic mass is 16.5. The van der Waals surface area contributed by atoms with Crippen molar-refractivity contribution in [1.82, 2.24) is 0 Å². The van der Waals surface area contributed by atoms with E-state index in [0.29, 0.717) is 29.4 Å². The van der Waals surface area contributed by atoms with Gasteiger partial charge in [-0.05, 0) is 61.4 Å². The van der Waals surface area contributed by atoms with Gasteiger partial charge in [0.25, 0.3) is 0 Å². The standard InChI is InChI=1S/C23H23NO6/c1-4-29-20-9-5-15(11-21(20)28-3)6-10-22(26)30-13-19(25)16-7-8-18-17(12-16)14(2)23(27)24-18/h5-12,14H,4,13H2,1-3H3,(H,24,27)/b10-6+/t14-/m1/s1. The van der Waals surface area contributed by atoms with Crippen molar-refractivity contribution in [2.24, 2.45) is 0 Å². The number of anilines is 1. The maximum Gasteiger partial charge on any atom is 0.331 e. The van der Waals surface area contributed by atoms with E-state index >= 15 is 0 Å². The number of fused-ring (bicyclic) bond motifs is 1. The summed E-state index contributed by atoms with van der Waals surface area (Å²) in [6.45, 7) is 3.78. The Morgan fingerprint density at radius 2 is 1.93 bits per heavy atom. The summed E-state index contributed by atoms with van der Waals surface area (Å²) < 4.78 is 15.8. The number of hydrogen-bond acceptors (Lipinski definition) is 6. The number of hydrogen-bond donors (Lipinski definition) is 1. The van der Waals surface area contributed by atoms with Crippen LogP contribution in [0.1, 0.15) is 41.3 Å². The number of ketones is 1. The van der Waals surface area contributed by atoms with Crippen LogP contribution in [-0.2, 0) is 14.3 Å². The topological polar surface area (TPSA) is 90.9 Å². The highest BCUT2D eigenvalue weighted by Crippen LogP contribution is 2.32. The van der Waals surface area contributed by atoms with E-state index in [0.717, 1.165) is 11.1 Å². The van der Waals surface area contributed by atoms with Crippen LogP contribution in [0.2, 0.25) is 0 Å². The molecule has 0 saturated carbocycles. The van der Waals surface area contributed by atoms with Crippen LogP contribution in [0.25, 0.3) is 6.08 Å². The molecule has 0 radical (unpaired) electrons. The Kier molecular flexibility index (Phi) is 6.51. The van der Waals surface area contributed by atoms with Gasteiger partial charge in [-0.3, -0.25) is 9.59 Å². The molecule has 7 heteroatoms. The molecule has 0 fully saturated rings. The zero-order chi connectivity index (χ0) is 21.7. The van der Waals surface area contributed by atoms with Crippen molar-refractivity contribution >= 4 is 29.4 Å². The number of esters is 1. The third kappa shape index (κ3) is 4.68. The van der Waals surface area contributed by atoms with E-state index in [2.05, 4.69) is 5.32 Å². The van der Waals surface area contributed by atoms with Gasteiger partial charge in [0.2, 0.25) is 5.91 Å². The van der Waals surface area contributed by atoms with E-state index in [1.54, 1.807) is 49.4 Å². The van der Waals surface area contributed by atoms with E-state index in [-0.39, 0.29) is 24.2 Å². The van der Waals surface area contributed by atoms with E-state index in [1.807, 2.05) is 6.92 Å². The van der Waals surface area contributed by atoms with Gasteiger partial charge in [-0.1, -0.05) is 6.07 Å². The minimum absolute atomic E-state index is 0.0999. The Morgan fingerprint density at radius 1 is 1.13 bits per heavy atom. The predicted octanol–water partition coefficient (Wildman–Crippen LogP) is 3.59. The van der Waals surface area contributed by atoms with E-state index < -0.39 is 5.97 Å². The first kappa shape index (κ1) is 21.1. The molecule has 0 aliphatic carbocycles. The van der Waals surface area contributed by atoms with Crippen LogP contribution in [0.4, 0.5) is 5.69 Å². The molecular weight excluding hydrogens is 386 g/mol. The van der Waals surface area contributed by atoms with Gasteiger partial charge in [-0.25, -0.2) is 4.79 Å². The molecule has 7 nitrogen and oxygen atoms in total.